The van der Waals surface area contributed by atoms with Crippen molar-refractivity contribution < 1.29 is 9.53 Å². The van der Waals surface area contributed by atoms with Crippen molar-refractivity contribution in [1.82, 2.24) is 0 Å². The van der Waals surface area contributed by atoms with Crippen LogP contribution in [-0.4, -0.2) is 25.0 Å². The summed E-state index contributed by atoms with van der Waals surface area (Å²) < 4.78 is 5.29. The van der Waals surface area contributed by atoms with Crippen molar-refractivity contribution in [3.05, 3.63) is 0 Å². The molecule has 0 bridgehead atoms. The highest BCUT2D eigenvalue weighted by molar-refractivity contribution is 9.09. The van der Waals surface area contributed by atoms with E-state index in [9.17, 15) is 4.79 Å². The molecule has 0 aliphatic carbocycles. The van der Waals surface area contributed by atoms with Crippen LogP contribution in [0.3, 0.4) is 0 Å². The number of alkyl halides is 1. The van der Waals surface area contributed by atoms with E-state index in [2.05, 4.69) is 42.5 Å². The van der Waals surface area contributed by atoms with Crippen molar-refractivity contribution >= 4 is 30.0 Å². The van der Waals surface area contributed by atoms with E-state index in [1.54, 1.807) is 0 Å². The highest BCUT2D eigenvalue weighted by atomic mass is 79.9. The third kappa shape index (κ3) is 3.06. The molecular formula is C11H21BrO2Si. The normalized spacial score (nSPS) is 28.2. The van der Waals surface area contributed by atoms with E-state index in [1.165, 1.54) is 12.8 Å². The summed E-state index contributed by atoms with van der Waals surface area (Å²) in [5, 5.41) is 0. The predicted molar refractivity (Wildman–Crippen MR) is 69.2 cm³/mol. The first-order chi connectivity index (χ1) is 6.88. The van der Waals surface area contributed by atoms with Crippen molar-refractivity contribution in [2.75, 3.05) is 0 Å². The van der Waals surface area contributed by atoms with Crippen molar-refractivity contribution in [2.24, 2.45) is 0 Å². The number of hydrogen-bond acceptors (Lipinski definition) is 2. The topological polar surface area (TPSA) is 26.3 Å². The van der Waals surface area contributed by atoms with Crippen LogP contribution in [0.4, 0.5) is 0 Å². The van der Waals surface area contributed by atoms with Gasteiger partial charge in [0.15, 0.2) is 0 Å². The molecule has 1 heterocycles. The number of rotatable bonds is 5. The van der Waals surface area contributed by atoms with E-state index in [4.69, 9.17) is 4.74 Å². The van der Waals surface area contributed by atoms with Gasteiger partial charge >= 0.3 is 5.97 Å². The molecule has 0 aromatic rings. The van der Waals surface area contributed by atoms with Crippen LogP contribution in [0.15, 0.2) is 0 Å². The molecular weight excluding hydrogens is 272 g/mol. The van der Waals surface area contributed by atoms with Gasteiger partial charge in [0.25, 0.3) is 0 Å². The average molecular weight is 293 g/mol. The minimum atomic E-state index is -1.41. The van der Waals surface area contributed by atoms with Gasteiger partial charge in [-0.2, -0.15) is 0 Å². The number of ether oxygens (including phenoxy) is 1. The number of carbonyl (C=O) groups is 1. The maximum Gasteiger partial charge on any atom is 0.310 e. The Labute approximate surface area is 102 Å². The fourth-order valence-electron chi connectivity index (χ4n) is 2.03. The summed E-state index contributed by atoms with van der Waals surface area (Å²) >= 11 is 3.66. The van der Waals surface area contributed by atoms with E-state index in [0.29, 0.717) is 4.83 Å². The minimum Gasteiger partial charge on any atom is -0.460 e. The molecule has 4 heteroatoms. The predicted octanol–water partition coefficient (Wildman–Crippen LogP) is 3.57. The van der Waals surface area contributed by atoms with Crippen LogP contribution < -0.4 is 0 Å². The maximum absolute atomic E-state index is 11.5. The van der Waals surface area contributed by atoms with Gasteiger partial charge in [0, 0.05) is 0 Å². The molecule has 1 saturated heterocycles. The van der Waals surface area contributed by atoms with Gasteiger partial charge in [-0.05, 0) is 6.42 Å². The van der Waals surface area contributed by atoms with Crippen molar-refractivity contribution in [1.29, 1.82) is 0 Å². The Bertz CT molecular complexity index is 237. The number of esters is 1. The number of carbonyl (C=O) groups excluding carboxylic acids is 1. The Morgan fingerprint density at radius 3 is 2.47 bits per heavy atom. The molecule has 3 atom stereocenters. The van der Waals surface area contributed by atoms with Gasteiger partial charge < -0.3 is 4.74 Å². The molecule has 1 rings (SSSR count). The summed E-state index contributed by atoms with van der Waals surface area (Å²) in [6, 6.07) is 0. The first-order valence-corrected chi connectivity index (χ1v) is 10.2. The highest BCUT2D eigenvalue weighted by Crippen LogP contribution is 2.42. The average Bonchev–Trinajstić information content (AvgIpc) is 2.07. The molecule has 0 saturated carbocycles. The van der Waals surface area contributed by atoms with Gasteiger partial charge in [0.05, 0.1) is 18.4 Å². The van der Waals surface area contributed by atoms with Crippen LogP contribution in [0.2, 0.25) is 25.2 Å². The second-order valence-corrected chi connectivity index (χ2v) is 11.9. The molecule has 2 nitrogen and oxygen atoms in total. The van der Waals surface area contributed by atoms with Gasteiger partial charge in [0.1, 0.15) is 6.10 Å². The summed E-state index contributed by atoms with van der Waals surface area (Å²) in [5.41, 5.74) is 0.193. The Balaban J connectivity index is 2.53. The summed E-state index contributed by atoms with van der Waals surface area (Å²) in [6.45, 7) is 8.91. The zero-order valence-corrected chi connectivity index (χ0v) is 12.6. The quantitative estimate of drug-likeness (QED) is 0.440. The molecule has 0 aromatic carbocycles. The second kappa shape index (κ2) is 5.00. The third-order valence-corrected chi connectivity index (χ3v) is 6.37. The lowest BCUT2D eigenvalue weighted by atomic mass is 10.0. The highest BCUT2D eigenvalue weighted by Gasteiger charge is 2.52. The van der Waals surface area contributed by atoms with Gasteiger partial charge in [-0.25, -0.2) is 0 Å². The molecule has 1 aliphatic rings. The number of cyclic esters (lactones) is 1. The molecule has 1 fully saturated rings. The maximum atomic E-state index is 11.5. The van der Waals surface area contributed by atoms with Crippen LogP contribution in [0.1, 0.15) is 26.2 Å². The van der Waals surface area contributed by atoms with E-state index in [0.717, 1.165) is 6.42 Å². The molecule has 3 unspecified atom stereocenters. The molecule has 15 heavy (non-hydrogen) atoms. The Morgan fingerprint density at radius 1 is 1.47 bits per heavy atom. The Morgan fingerprint density at radius 2 is 2.07 bits per heavy atom. The van der Waals surface area contributed by atoms with Crippen LogP contribution in [0, 0.1) is 0 Å². The Hall–Kier alpha value is 0.167. The number of unbranched alkanes of at least 4 members (excludes halogenated alkanes) is 1. The fourth-order valence-corrected chi connectivity index (χ4v) is 5.11. The number of halogens is 1. The zero-order chi connectivity index (χ0) is 11.6. The van der Waals surface area contributed by atoms with E-state index >= 15 is 0 Å². The first-order valence-electron chi connectivity index (χ1n) is 5.72. The van der Waals surface area contributed by atoms with Crippen molar-refractivity contribution in [3.8, 4) is 0 Å². The standard InChI is InChI=1S/C11H21BrO2Si/c1-5-6-7-8(12)9-10(11(13)14-9)15(2,3)4/h8-10H,5-7H2,1-4H3. The van der Waals surface area contributed by atoms with Gasteiger partial charge in [-0.3, -0.25) is 4.79 Å². The Kier molecular flexibility index (Phi) is 4.41. The zero-order valence-electron chi connectivity index (χ0n) is 10.0. The molecule has 0 N–H and O–H groups in total. The summed E-state index contributed by atoms with van der Waals surface area (Å²) in [7, 11) is -1.41. The molecule has 1 aliphatic heterocycles. The van der Waals surface area contributed by atoms with Crippen LogP contribution in [-0.2, 0) is 9.53 Å². The fraction of sp³-hybridized carbons (Fsp3) is 0.909. The van der Waals surface area contributed by atoms with E-state index < -0.39 is 8.07 Å². The van der Waals surface area contributed by atoms with E-state index in [-0.39, 0.29) is 17.6 Å². The summed E-state index contributed by atoms with van der Waals surface area (Å²) in [4.78, 5) is 11.8. The summed E-state index contributed by atoms with van der Waals surface area (Å²) in [5.74, 6) is 0.0279. The number of hydrogen-bond donors (Lipinski definition) is 0. The molecule has 0 spiro atoms. The van der Waals surface area contributed by atoms with Crippen LogP contribution >= 0.6 is 15.9 Å². The van der Waals surface area contributed by atoms with Gasteiger partial charge in [-0.15, -0.1) is 0 Å². The smallest absolute Gasteiger partial charge is 0.310 e. The van der Waals surface area contributed by atoms with Crippen molar-refractivity contribution in [3.63, 3.8) is 0 Å². The monoisotopic (exact) mass is 292 g/mol. The third-order valence-electron chi connectivity index (χ3n) is 2.96. The first kappa shape index (κ1) is 13.2. The van der Waals surface area contributed by atoms with Crippen molar-refractivity contribution in [2.45, 2.75) is 62.3 Å². The SMILES string of the molecule is CCCCC(Br)C1OC(=O)C1[Si](C)(C)C. The lowest BCUT2D eigenvalue weighted by Crippen LogP contribution is -2.55. The lowest BCUT2D eigenvalue weighted by molar-refractivity contribution is -0.169. The summed E-state index contributed by atoms with van der Waals surface area (Å²) in [6.07, 6.45) is 3.63. The largest absolute Gasteiger partial charge is 0.460 e. The molecule has 0 aromatic heterocycles. The second-order valence-electron chi connectivity index (χ2n) is 5.40. The minimum absolute atomic E-state index is 0.0279. The molecule has 0 amide bonds. The lowest BCUT2D eigenvalue weighted by Gasteiger charge is -2.44. The van der Waals surface area contributed by atoms with Gasteiger partial charge in [-0.1, -0.05) is 55.3 Å². The van der Waals surface area contributed by atoms with E-state index in [1.807, 2.05) is 0 Å². The van der Waals surface area contributed by atoms with Crippen LogP contribution in [0.25, 0.3) is 0 Å². The molecule has 88 valence electrons. The molecule has 0 radical (unpaired) electrons. The van der Waals surface area contributed by atoms with Gasteiger partial charge in [0.2, 0.25) is 0 Å². The van der Waals surface area contributed by atoms with Crippen LogP contribution in [0.5, 0.6) is 0 Å².